The van der Waals surface area contributed by atoms with Crippen molar-refractivity contribution in [3.63, 3.8) is 0 Å². The van der Waals surface area contributed by atoms with Gasteiger partial charge in [0.2, 0.25) is 0 Å². The topological polar surface area (TPSA) is 88.2 Å². The largest absolute Gasteiger partial charge is 0.505 e. The van der Waals surface area contributed by atoms with Crippen molar-refractivity contribution in [2.45, 2.75) is 6.54 Å². The van der Waals surface area contributed by atoms with Crippen molar-refractivity contribution in [2.24, 2.45) is 5.73 Å². The number of hydrogen-bond acceptors (Lipinski definition) is 4. The summed E-state index contributed by atoms with van der Waals surface area (Å²) < 4.78 is 13.1. The number of carbonyl (C=O) groups excluding carboxylic acids is 1. The predicted molar refractivity (Wildman–Crippen MR) is 68.1 cm³/mol. The van der Waals surface area contributed by atoms with Crippen LogP contribution in [0.4, 0.5) is 10.1 Å². The van der Waals surface area contributed by atoms with E-state index in [9.17, 15) is 9.18 Å². The number of pyridine rings is 1. The molecular formula is C13H12FN3O2. The Hall–Kier alpha value is -2.47. The third-order valence-corrected chi connectivity index (χ3v) is 2.49. The first-order valence-electron chi connectivity index (χ1n) is 5.55. The highest BCUT2D eigenvalue weighted by Gasteiger charge is 2.08. The molecule has 19 heavy (non-hydrogen) atoms. The van der Waals surface area contributed by atoms with Gasteiger partial charge in [0, 0.05) is 30.1 Å². The molecule has 1 heterocycles. The van der Waals surface area contributed by atoms with Crippen LogP contribution in [-0.2, 0) is 6.54 Å². The molecule has 1 amide bonds. The van der Waals surface area contributed by atoms with Crippen molar-refractivity contribution >= 4 is 11.6 Å². The van der Waals surface area contributed by atoms with Crippen LogP contribution in [0, 0.1) is 5.82 Å². The number of aromatic nitrogens is 1. The lowest BCUT2D eigenvalue weighted by Crippen LogP contribution is -2.13. The van der Waals surface area contributed by atoms with Crippen LogP contribution in [0.3, 0.4) is 0 Å². The molecule has 0 fully saturated rings. The molecule has 0 bridgehead atoms. The quantitative estimate of drug-likeness (QED) is 0.733. The van der Waals surface area contributed by atoms with E-state index in [1.807, 2.05) is 0 Å². The van der Waals surface area contributed by atoms with Crippen molar-refractivity contribution in [2.75, 3.05) is 5.32 Å². The molecule has 0 aliphatic rings. The number of nitrogens with two attached hydrogens (primary N) is 1. The number of phenolic OH excluding ortho intramolecular Hbond substituents is 1. The molecule has 0 atom stereocenters. The summed E-state index contributed by atoms with van der Waals surface area (Å²) in [4.78, 5) is 15.9. The Morgan fingerprint density at radius 2 is 2.16 bits per heavy atom. The zero-order chi connectivity index (χ0) is 13.8. The van der Waals surface area contributed by atoms with Crippen LogP contribution in [0.15, 0.2) is 36.5 Å². The maximum absolute atomic E-state index is 13.1. The molecule has 0 aliphatic carbocycles. The van der Waals surface area contributed by atoms with Gasteiger partial charge >= 0.3 is 0 Å². The average Bonchev–Trinajstić information content (AvgIpc) is 2.43. The zero-order valence-corrected chi connectivity index (χ0v) is 9.93. The summed E-state index contributed by atoms with van der Waals surface area (Å²) in [5.41, 5.74) is 6.66. The van der Waals surface area contributed by atoms with E-state index in [0.717, 1.165) is 6.07 Å². The van der Waals surface area contributed by atoms with E-state index in [0.29, 0.717) is 11.3 Å². The van der Waals surface area contributed by atoms with Crippen molar-refractivity contribution in [1.29, 1.82) is 0 Å². The summed E-state index contributed by atoms with van der Waals surface area (Å²) in [7, 11) is 0. The highest BCUT2D eigenvalue weighted by Crippen LogP contribution is 2.19. The molecule has 0 radical (unpaired) electrons. The van der Waals surface area contributed by atoms with Gasteiger partial charge in [-0.3, -0.25) is 9.78 Å². The smallest absolute Gasteiger partial charge is 0.255 e. The fourth-order valence-corrected chi connectivity index (χ4v) is 1.52. The number of benzene rings is 1. The molecule has 98 valence electrons. The molecule has 0 spiro atoms. The number of phenols is 1. The van der Waals surface area contributed by atoms with E-state index in [1.54, 1.807) is 6.07 Å². The average molecular weight is 261 g/mol. The number of amides is 1. The molecule has 0 saturated heterocycles. The number of nitrogens with zero attached hydrogens (tertiary/aromatic N) is 1. The van der Waals surface area contributed by atoms with Crippen molar-refractivity contribution in [1.82, 2.24) is 4.98 Å². The van der Waals surface area contributed by atoms with E-state index in [2.05, 4.69) is 10.3 Å². The lowest BCUT2D eigenvalue weighted by atomic mass is 10.2. The molecule has 4 N–H and O–H groups in total. The van der Waals surface area contributed by atoms with Crippen molar-refractivity contribution in [3.8, 4) is 5.75 Å². The zero-order valence-electron chi connectivity index (χ0n) is 9.93. The Morgan fingerprint density at radius 3 is 2.84 bits per heavy atom. The van der Waals surface area contributed by atoms with Gasteiger partial charge in [-0.25, -0.2) is 4.39 Å². The second-order valence-electron chi connectivity index (χ2n) is 3.86. The Kier molecular flexibility index (Phi) is 3.72. The first kappa shape index (κ1) is 13.0. The standard InChI is InChI=1S/C13H12FN3O2/c14-11-6-9(1-2-12(11)18)17-13(19)8-3-4-16-10(5-8)7-15/h1-6,18H,7,15H2,(H,17,19). The fraction of sp³-hybridized carbons (Fsp3) is 0.0769. The van der Waals surface area contributed by atoms with Crippen LogP contribution in [0.2, 0.25) is 0 Å². The number of anilines is 1. The van der Waals surface area contributed by atoms with Crippen LogP contribution in [0.5, 0.6) is 5.75 Å². The number of aromatic hydroxyl groups is 1. The number of rotatable bonds is 3. The second kappa shape index (κ2) is 5.45. The Labute approximate surface area is 108 Å². The minimum atomic E-state index is -0.796. The molecule has 1 aromatic heterocycles. The van der Waals surface area contributed by atoms with Crippen molar-refractivity contribution in [3.05, 3.63) is 53.6 Å². The fourth-order valence-electron chi connectivity index (χ4n) is 1.52. The van der Waals surface area contributed by atoms with Gasteiger partial charge in [0.05, 0.1) is 5.69 Å². The van der Waals surface area contributed by atoms with Crippen LogP contribution in [-0.4, -0.2) is 16.0 Å². The van der Waals surface area contributed by atoms with Gasteiger partial charge < -0.3 is 16.2 Å². The normalized spacial score (nSPS) is 10.2. The number of carbonyl (C=O) groups is 1. The van der Waals surface area contributed by atoms with Crippen LogP contribution in [0.1, 0.15) is 16.1 Å². The number of halogens is 1. The van der Waals surface area contributed by atoms with E-state index in [4.69, 9.17) is 10.8 Å². The van der Waals surface area contributed by atoms with Gasteiger partial charge in [-0.15, -0.1) is 0 Å². The molecular weight excluding hydrogens is 249 g/mol. The molecule has 2 rings (SSSR count). The maximum Gasteiger partial charge on any atom is 0.255 e. The van der Waals surface area contributed by atoms with E-state index in [-0.39, 0.29) is 12.2 Å². The minimum Gasteiger partial charge on any atom is -0.505 e. The van der Waals surface area contributed by atoms with E-state index < -0.39 is 17.5 Å². The van der Waals surface area contributed by atoms with Gasteiger partial charge in [-0.2, -0.15) is 0 Å². The summed E-state index contributed by atoms with van der Waals surface area (Å²) in [5, 5.41) is 11.6. The lowest BCUT2D eigenvalue weighted by Gasteiger charge is -2.06. The third kappa shape index (κ3) is 3.05. The van der Waals surface area contributed by atoms with Gasteiger partial charge in [-0.05, 0) is 24.3 Å². The summed E-state index contributed by atoms with van der Waals surface area (Å²) in [5.74, 6) is -1.66. The van der Waals surface area contributed by atoms with E-state index in [1.165, 1.54) is 24.4 Å². The SMILES string of the molecule is NCc1cc(C(=O)Nc2ccc(O)c(F)c2)ccn1. The lowest BCUT2D eigenvalue weighted by molar-refractivity contribution is 0.102. The highest BCUT2D eigenvalue weighted by atomic mass is 19.1. The van der Waals surface area contributed by atoms with Gasteiger partial charge in [-0.1, -0.05) is 0 Å². The van der Waals surface area contributed by atoms with Gasteiger partial charge in [0.25, 0.3) is 5.91 Å². The summed E-state index contributed by atoms with van der Waals surface area (Å²) >= 11 is 0. The molecule has 0 aliphatic heterocycles. The Balaban J connectivity index is 2.18. The van der Waals surface area contributed by atoms with Crippen LogP contribution in [0.25, 0.3) is 0 Å². The van der Waals surface area contributed by atoms with Gasteiger partial charge in [0.15, 0.2) is 11.6 Å². The first-order chi connectivity index (χ1) is 9.10. The monoisotopic (exact) mass is 261 g/mol. The molecule has 1 aromatic carbocycles. The molecule has 2 aromatic rings. The summed E-state index contributed by atoms with van der Waals surface area (Å²) in [6.45, 7) is 0.231. The summed E-state index contributed by atoms with van der Waals surface area (Å²) in [6, 6.07) is 6.71. The highest BCUT2D eigenvalue weighted by molar-refractivity contribution is 6.04. The van der Waals surface area contributed by atoms with E-state index >= 15 is 0 Å². The Bertz CT molecular complexity index is 617. The molecule has 0 unspecified atom stereocenters. The minimum absolute atomic E-state index is 0.231. The van der Waals surface area contributed by atoms with Crippen molar-refractivity contribution < 1.29 is 14.3 Å². The first-order valence-corrected chi connectivity index (χ1v) is 5.55. The Morgan fingerprint density at radius 1 is 1.37 bits per heavy atom. The second-order valence-corrected chi connectivity index (χ2v) is 3.86. The predicted octanol–water partition coefficient (Wildman–Crippen LogP) is 1.64. The third-order valence-electron chi connectivity index (χ3n) is 2.49. The number of hydrogen-bond donors (Lipinski definition) is 3. The summed E-state index contributed by atoms with van der Waals surface area (Å²) in [6.07, 6.45) is 1.48. The molecule has 5 nitrogen and oxygen atoms in total. The van der Waals surface area contributed by atoms with Gasteiger partial charge in [0.1, 0.15) is 0 Å². The number of nitrogens with one attached hydrogen (secondary N) is 1. The van der Waals surface area contributed by atoms with Crippen LogP contribution >= 0.6 is 0 Å². The molecule has 0 saturated carbocycles. The molecule has 6 heteroatoms. The maximum atomic E-state index is 13.1. The van der Waals surface area contributed by atoms with Crippen LogP contribution < -0.4 is 11.1 Å².